The molecule has 0 saturated carbocycles. The Kier molecular flexibility index (Phi) is 12.0. The lowest BCUT2D eigenvalue weighted by Crippen LogP contribution is -2.50. The molecule has 1 amide bonds. The summed E-state index contributed by atoms with van der Waals surface area (Å²) in [6.45, 7) is 10.6. The lowest BCUT2D eigenvalue weighted by molar-refractivity contribution is -0.147. The summed E-state index contributed by atoms with van der Waals surface area (Å²) in [7, 11) is 1.39. The minimum absolute atomic E-state index is 0.0542. The second-order valence-corrected chi connectivity index (χ2v) is 11.5. The Morgan fingerprint density at radius 1 is 1.12 bits per heavy atom. The van der Waals surface area contributed by atoms with E-state index in [0.29, 0.717) is 13.0 Å². The predicted molar refractivity (Wildman–Crippen MR) is 150 cm³/mol. The first kappa shape index (κ1) is 32.0. The van der Waals surface area contributed by atoms with Crippen molar-refractivity contribution in [2.24, 2.45) is 5.92 Å². The molecule has 9 heteroatoms. The van der Waals surface area contributed by atoms with E-state index in [9.17, 15) is 14.4 Å². The Morgan fingerprint density at radius 3 is 2.55 bits per heavy atom. The Labute approximate surface area is 238 Å². The van der Waals surface area contributed by atoms with Crippen molar-refractivity contribution >= 4 is 17.8 Å². The molecule has 1 N–H and O–H groups in total. The SMILES string of the molecule is CCCC(=O)OC(C)C=CC(=O)NC1CC(C)C(CC=C(C)C=CC2CC3(CO3)CC(CC(=O)OC)O2)OC1C. The first-order valence-electron chi connectivity index (χ1n) is 14.6. The Balaban J connectivity index is 1.45. The highest BCUT2D eigenvalue weighted by Crippen LogP contribution is 2.43. The molecule has 224 valence electrons. The third-order valence-electron chi connectivity index (χ3n) is 7.79. The third kappa shape index (κ3) is 10.2. The molecule has 3 fully saturated rings. The molecule has 0 bridgehead atoms. The quantitative estimate of drug-likeness (QED) is 0.162. The number of methoxy groups -OCH3 is 1. The van der Waals surface area contributed by atoms with Crippen molar-refractivity contribution in [3.63, 3.8) is 0 Å². The topological polar surface area (TPSA) is 113 Å². The summed E-state index contributed by atoms with van der Waals surface area (Å²) < 4.78 is 28.2. The average Bonchev–Trinajstić information content (AvgIpc) is 3.64. The molecule has 0 aromatic rings. The van der Waals surface area contributed by atoms with Crippen LogP contribution in [0.2, 0.25) is 0 Å². The summed E-state index contributed by atoms with van der Waals surface area (Å²) in [6, 6.07) is -0.0929. The molecule has 0 radical (unpaired) electrons. The fourth-order valence-corrected chi connectivity index (χ4v) is 5.35. The van der Waals surface area contributed by atoms with Crippen LogP contribution in [-0.2, 0) is 38.1 Å². The molecule has 8 unspecified atom stereocenters. The lowest BCUT2D eigenvalue weighted by Gasteiger charge is -2.39. The van der Waals surface area contributed by atoms with Crippen molar-refractivity contribution in [1.29, 1.82) is 0 Å². The minimum Gasteiger partial charge on any atom is -0.469 e. The summed E-state index contributed by atoms with van der Waals surface area (Å²) in [5, 5.41) is 3.03. The number of ether oxygens (including phenoxy) is 5. The van der Waals surface area contributed by atoms with Crippen LogP contribution < -0.4 is 5.32 Å². The second-order valence-electron chi connectivity index (χ2n) is 11.5. The fraction of sp³-hybridized carbons (Fsp3) is 0.710. The van der Waals surface area contributed by atoms with Crippen LogP contribution in [0.15, 0.2) is 36.0 Å². The van der Waals surface area contributed by atoms with Gasteiger partial charge in [0, 0.05) is 25.3 Å². The molecule has 9 nitrogen and oxygen atoms in total. The largest absolute Gasteiger partial charge is 0.469 e. The van der Waals surface area contributed by atoms with E-state index < -0.39 is 6.10 Å². The number of amides is 1. The van der Waals surface area contributed by atoms with Gasteiger partial charge in [0.05, 0.1) is 56.2 Å². The van der Waals surface area contributed by atoms with Gasteiger partial charge in [-0.25, -0.2) is 0 Å². The molecule has 3 rings (SSSR count). The summed E-state index contributed by atoms with van der Waals surface area (Å²) in [5.41, 5.74) is 0.953. The van der Waals surface area contributed by atoms with E-state index in [0.717, 1.165) is 37.7 Å². The molecular weight excluding hydrogens is 514 g/mol. The summed E-state index contributed by atoms with van der Waals surface area (Å²) >= 11 is 0. The zero-order valence-electron chi connectivity index (χ0n) is 24.9. The van der Waals surface area contributed by atoms with Crippen molar-refractivity contribution in [3.8, 4) is 0 Å². The van der Waals surface area contributed by atoms with Crippen LogP contribution in [0.4, 0.5) is 0 Å². The van der Waals surface area contributed by atoms with Gasteiger partial charge in [0.1, 0.15) is 6.10 Å². The van der Waals surface area contributed by atoms with Crippen molar-refractivity contribution in [2.45, 2.75) is 122 Å². The minimum atomic E-state index is -0.452. The first-order chi connectivity index (χ1) is 19.0. The zero-order chi connectivity index (χ0) is 29.3. The molecule has 0 aromatic heterocycles. The molecule has 3 aliphatic rings. The smallest absolute Gasteiger partial charge is 0.308 e. The molecule has 8 atom stereocenters. The van der Waals surface area contributed by atoms with Crippen LogP contribution in [0.3, 0.4) is 0 Å². The zero-order valence-corrected chi connectivity index (χ0v) is 24.9. The second kappa shape index (κ2) is 14.9. The van der Waals surface area contributed by atoms with Gasteiger partial charge in [-0.15, -0.1) is 0 Å². The number of epoxide rings is 1. The molecule has 0 aromatic carbocycles. The van der Waals surface area contributed by atoms with Gasteiger partial charge in [0.2, 0.25) is 5.91 Å². The number of rotatable bonds is 12. The number of carbonyl (C=O) groups is 3. The number of allylic oxidation sites excluding steroid dienone is 2. The van der Waals surface area contributed by atoms with Gasteiger partial charge in [-0.05, 0) is 52.0 Å². The molecule has 3 heterocycles. The first-order valence-corrected chi connectivity index (χ1v) is 14.6. The molecular formula is C31H47NO8. The van der Waals surface area contributed by atoms with Gasteiger partial charge in [0.15, 0.2) is 0 Å². The van der Waals surface area contributed by atoms with Crippen LogP contribution in [0, 0.1) is 5.92 Å². The van der Waals surface area contributed by atoms with Crippen LogP contribution in [0.25, 0.3) is 0 Å². The van der Waals surface area contributed by atoms with Gasteiger partial charge >= 0.3 is 11.9 Å². The van der Waals surface area contributed by atoms with Crippen LogP contribution in [0.1, 0.15) is 79.6 Å². The van der Waals surface area contributed by atoms with Gasteiger partial charge in [-0.3, -0.25) is 14.4 Å². The monoisotopic (exact) mass is 561 g/mol. The molecule has 0 aliphatic carbocycles. The van der Waals surface area contributed by atoms with Crippen LogP contribution >= 0.6 is 0 Å². The highest BCUT2D eigenvalue weighted by molar-refractivity contribution is 5.87. The van der Waals surface area contributed by atoms with Gasteiger partial charge in [-0.1, -0.05) is 37.6 Å². The number of carbonyl (C=O) groups excluding carboxylic acids is 3. The highest BCUT2D eigenvalue weighted by atomic mass is 16.6. The predicted octanol–water partition coefficient (Wildman–Crippen LogP) is 4.35. The van der Waals surface area contributed by atoms with E-state index in [4.69, 9.17) is 23.7 Å². The van der Waals surface area contributed by atoms with E-state index in [1.54, 1.807) is 13.0 Å². The van der Waals surface area contributed by atoms with Crippen LogP contribution in [-0.4, -0.2) is 73.7 Å². The van der Waals surface area contributed by atoms with Gasteiger partial charge in [-0.2, -0.15) is 0 Å². The molecule has 1 spiro atoms. The third-order valence-corrected chi connectivity index (χ3v) is 7.79. The summed E-state index contributed by atoms with van der Waals surface area (Å²) in [4.78, 5) is 35.8. The van der Waals surface area contributed by atoms with Crippen molar-refractivity contribution < 1.29 is 38.1 Å². The lowest BCUT2D eigenvalue weighted by atomic mass is 9.88. The standard InChI is InChI=1S/C31H47NO8/c1-7-8-29(34)38-22(4)11-14-28(33)32-26-15-21(3)27(39-23(26)5)13-10-20(2)9-12-24-17-31(19-37-31)18-25(40-24)16-30(35)36-6/h9-12,14,21-27H,7-8,13,15-19H2,1-6H3,(H,32,33). The number of nitrogens with one attached hydrogen (secondary N) is 1. The van der Waals surface area contributed by atoms with Gasteiger partial charge < -0.3 is 29.0 Å². The van der Waals surface area contributed by atoms with E-state index in [1.807, 2.05) is 13.8 Å². The van der Waals surface area contributed by atoms with E-state index in [1.165, 1.54) is 13.2 Å². The average molecular weight is 562 g/mol. The number of hydrogen-bond acceptors (Lipinski definition) is 8. The Hall–Kier alpha value is -2.49. The normalized spacial score (nSPS) is 33.2. The number of hydrogen-bond donors (Lipinski definition) is 1. The summed E-state index contributed by atoms with van der Waals surface area (Å²) in [5.74, 6) is -0.486. The van der Waals surface area contributed by atoms with Crippen LogP contribution in [0.5, 0.6) is 0 Å². The maximum Gasteiger partial charge on any atom is 0.308 e. The van der Waals surface area contributed by atoms with Crippen molar-refractivity contribution in [2.75, 3.05) is 13.7 Å². The van der Waals surface area contributed by atoms with E-state index in [-0.39, 0.29) is 66.2 Å². The fourth-order valence-electron chi connectivity index (χ4n) is 5.35. The van der Waals surface area contributed by atoms with E-state index in [2.05, 4.69) is 37.4 Å². The van der Waals surface area contributed by atoms with E-state index >= 15 is 0 Å². The summed E-state index contributed by atoms with van der Waals surface area (Å²) in [6.07, 6.45) is 12.9. The maximum absolute atomic E-state index is 12.5. The highest BCUT2D eigenvalue weighted by Gasteiger charge is 2.51. The maximum atomic E-state index is 12.5. The van der Waals surface area contributed by atoms with Crippen molar-refractivity contribution in [3.05, 3.63) is 36.0 Å². The van der Waals surface area contributed by atoms with Gasteiger partial charge in [0.25, 0.3) is 0 Å². The Morgan fingerprint density at radius 2 is 1.88 bits per heavy atom. The van der Waals surface area contributed by atoms with Crippen molar-refractivity contribution in [1.82, 2.24) is 5.32 Å². The molecule has 3 aliphatic heterocycles. The molecule has 3 saturated heterocycles. The number of esters is 2. The molecule has 40 heavy (non-hydrogen) atoms. The Bertz CT molecular complexity index is 968.